The van der Waals surface area contributed by atoms with Crippen LogP contribution in [0.1, 0.15) is 38.5 Å². The van der Waals surface area contributed by atoms with E-state index in [0.29, 0.717) is 26.1 Å². The number of thiophene rings is 1. The van der Waals surface area contributed by atoms with Gasteiger partial charge in [0.25, 0.3) is 0 Å². The Morgan fingerprint density at radius 3 is 2.86 bits per heavy atom. The number of nitrogens with zero attached hydrogens (tertiary/aromatic N) is 4. The number of ether oxygens (including phenoxy) is 1. The van der Waals surface area contributed by atoms with Gasteiger partial charge in [-0.3, -0.25) is 9.69 Å². The average Bonchev–Trinajstić information content (AvgIpc) is 3.81. The summed E-state index contributed by atoms with van der Waals surface area (Å²) in [7, 11) is 0. The number of phenolic OH excluding ortho intramolecular Hbond substituents is 1. The van der Waals surface area contributed by atoms with Gasteiger partial charge in [0.15, 0.2) is 0 Å². The first-order chi connectivity index (χ1) is 23.0. The third-order valence-electron chi connectivity index (χ3n) is 10.6. The van der Waals surface area contributed by atoms with E-state index in [1.54, 1.807) is 4.90 Å². The summed E-state index contributed by atoms with van der Waals surface area (Å²) in [4.78, 5) is 25.0. The van der Waals surface area contributed by atoms with E-state index in [9.17, 15) is 18.7 Å². The Kier molecular flexibility index (Phi) is 7.79. The smallest absolute Gasteiger partial charge is 0.319 e. The van der Waals surface area contributed by atoms with E-state index in [2.05, 4.69) is 32.8 Å². The van der Waals surface area contributed by atoms with Crippen molar-refractivity contribution >= 4 is 60.7 Å². The zero-order valence-corrected chi connectivity index (χ0v) is 30.8. The van der Waals surface area contributed by atoms with Gasteiger partial charge < -0.3 is 25.8 Å². The number of alkyl halides is 1. The monoisotopic (exact) mass is 940 g/mol. The van der Waals surface area contributed by atoms with E-state index < -0.39 is 29.1 Å². The predicted molar refractivity (Wildman–Crippen MR) is 179 cm³/mol. The van der Waals surface area contributed by atoms with Crippen LogP contribution in [0.2, 0.25) is 5.02 Å². The molecule has 1 spiro atoms. The number of nitrogens with one attached hydrogen (secondary N) is 1. The minimum atomic E-state index is -0.961. The van der Waals surface area contributed by atoms with Crippen molar-refractivity contribution in [1.29, 1.82) is 0 Å². The van der Waals surface area contributed by atoms with Crippen molar-refractivity contribution < 1.29 is 27.8 Å². The van der Waals surface area contributed by atoms with E-state index >= 15 is 4.39 Å². The van der Waals surface area contributed by atoms with E-state index in [-0.39, 0.29) is 77.9 Å². The maximum Gasteiger partial charge on any atom is 0.319 e. The molecule has 3 aliphatic heterocycles. The van der Waals surface area contributed by atoms with Crippen LogP contribution >= 0.6 is 22.9 Å². The number of hydrogen-bond acceptors (Lipinski definition) is 9. The Morgan fingerprint density at radius 2 is 2.08 bits per heavy atom. The summed E-state index contributed by atoms with van der Waals surface area (Å²) in [6, 6.07) is 5.20. The molecule has 4 N–H and O–H groups in total. The fraction of sp³-hybridized carbons (Fsp3) is 0.441. The summed E-state index contributed by atoms with van der Waals surface area (Å²) < 4.78 is 52.4. The van der Waals surface area contributed by atoms with Gasteiger partial charge in [0.1, 0.15) is 35.7 Å². The number of aromatic nitrogens is 2. The van der Waals surface area contributed by atoms with Gasteiger partial charge in [0.2, 0.25) is 5.91 Å². The number of halogens is 4. The number of aromatic hydroxyl groups is 1. The van der Waals surface area contributed by atoms with Gasteiger partial charge in [-0.05, 0) is 61.1 Å². The summed E-state index contributed by atoms with van der Waals surface area (Å²) >= 11 is 7.69. The Labute approximate surface area is 283 Å². The molecular weight excluding hydrogens is 912 g/mol. The van der Waals surface area contributed by atoms with Crippen LogP contribution in [0, 0.1) is 23.1 Å². The maximum absolute atomic E-state index is 16.8. The number of carbonyl (C=O) groups is 1. The molecule has 4 aliphatic rings. The van der Waals surface area contributed by atoms with Crippen LogP contribution in [0.15, 0.2) is 24.8 Å². The van der Waals surface area contributed by atoms with E-state index in [4.69, 9.17) is 22.1 Å². The number of anilines is 2. The summed E-state index contributed by atoms with van der Waals surface area (Å²) in [5.74, 6) is -1.81. The molecule has 2 aromatic heterocycles. The van der Waals surface area contributed by atoms with Gasteiger partial charge in [0, 0.05) is 42.5 Å². The zero-order valence-electron chi connectivity index (χ0n) is 26.3. The normalized spacial score (nSPS) is 24.3. The molecule has 0 radical (unpaired) electrons. The van der Waals surface area contributed by atoms with Crippen molar-refractivity contribution in [3.8, 4) is 22.9 Å². The Hall–Kier alpha value is -4.81. The standard InChI is InChI=1S/C34H33ClF3N6O3S.Cm/c1-2-23(45)43-14-33(15-43)8-6-18(12-33)40-31-25-28(41-32(42-31)47-16-34-7-3-9-44(34)13-17(36)11-34)27(38)24(26(35)29(25)46)19-4-5-21(37)30-20(19)10-22(39)48-30;/h2,4-5,17-18,46H,1,3,6-9,11-16,39H2,(H,40,41,42);/q-1;/t17-,18?,34+;/m1./s1. The Morgan fingerprint density at radius 1 is 1.29 bits per heavy atom. The molecule has 4 aromatic rings. The van der Waals surface area contributed by atoms with Crippen LogP contribution in [0.5, 0.6) is 11.8 Å². The molecular formula is C34H33ClCmF3N6O3S-. The molecule has 3 saturated heterocycles. The zero-order chi connectivity index (χ0) is 33.5. The summed E-state index contributed by atoms with van der Waals surface area (Å²) in [5.41, 5.74) is 5.15. The topological polar surface area (TPSA) is 117 Å². The van der Waals surface area contributed by atoms with Crippen LogP contribution < -0.4 is 15.8 Å². The number of nitrogens with two attached hydrogens (primary N) is 1. The molecule has 8 rings (SSSR count). The number of likely N-dealkylation sites (tertiary alicyclic amines) is 1. The fourth-order valence-corrected chi connectivity index (χ4v) is 9.51. The Balaban J connectivity index is 0.00000378. The molecule has 1 aliphatic carbocycles. The van der Waals surface area contributed by atoms with Gasteiger partial charge in [-0.2, -0.15) is 26.7 Å². The second kappa shape index (κ2) is 11.7. The van der Waals surface area contributed by atoms with Gasteiger partial charge >= 0.3 is 6.01 Å². The fourth-order valence-electron chi connectivity index (χ4n) is 8.43. The minimum absolute atomic E-state index is 0. The number of phenols is 1. The van der Waals surface area contributed by atoms with E-state index in [0.717, 1.165) is 50.0 Å². The predicted octanol–water partition coefficient (Wildman–Crippen LogP) is 6.47. The molecule has 0 bridgehead atoms. The molecule has 260 valence electrons. The quantitative estimate of drug-likeness (QED) is 0.143. The van der Waals surface area contributed by atoms with Crippen molar-refractivity contribution in [3.63, 3.8) is 0 Å². The molecule has 2 aromatic carbocycles. The summed E-state index contributed by atoms with van der Waals surface area (Å²) in [6.45, 7) is 6.05. The van der Waals surface area contributed by atoms with Gasteiger partial charge in [-0.25, -0.2) is 13.2 Å². The van der Waals surface area contributed by atoms with Gasteiger partial charge in [-0.1, -0.05) is 18.2 Å². The molecule has 1 saturated carbocycles. The molecule has 15 heteroatoms. The molecule has 9 nitrogen and oxygen atoms in total. The third-order valence-corrected chi connectivity index (χ3v) is 11.9. The molecule has 49 heavy (non-hydrogen) atoms. The van der Waals surface area contributed by atoms with Gasteiger partial charge in [0.05, 0.1) is 21.8 Å². The van der Waals surface area contributed by atoms with Crippen LogP contribution in [0.3, 0.4) is 0 Å². The number of fused-ring (bicyclic) bond motifs is 3. The van der Waals surface area contributed by atoms with Crippen LogP contribution in [0.4, 0.5) is 24.0 Å². The van der Waals surface area contributed by atoms with Crippen LogP contribution in [-0.2, 0) is 4.79 Å². The Bertz CT molecular complexity index is 2010. The number of carbonyl (C=O) groups excluding carboxylic acids is 1. The maximum atomic E-state index is 16.8. The third kappa shape index (κ3) is 5.16. The number of rotatable bonds is 7. The number of benzene rings is 2. The first-order valence-corrected chi connectivity index (χ1v) is 17.2. The second-order valence-electron chi connectivity index (χ2n) is 13.7. The molecule has 1 amide bonds. The van der Waals surface area contributed by atoms with Gasteiger partial charge in [-0.15, -0.1) is 17.7 Å². The van der Waals surface area contributed by atoms with Crippen molar-refractivity contribution in [2.45, 2.75) is 56.3 Å². The van der Waals surface area contributed by atoms with Crippen molar-refractivity contribution in [3.05, 3.63) is 47.5 Å². The summed E-state index contributed by atoms with van der Waals surface area (Å²) in [5, 5.41) is 15.1. The van der Waals surface area contributed by atoms with Crippen molar-refractivity contribution in [1.82, 2.24) is 19.8 Å². The first kappa shape index (κ1) is 32.7. The summed E-state index contributed by atoms with van der Waals surface area (Å²) in [6.07, 6.45) is 4.71. The molecule has 5 heterocycles. The van der Waals surface area contributed by atoms with Crippen molar-refractivity contribution in [2.24, 2.45) is 5.41 Å². The van der Waals surface area contributed by atoms with E-state index in [1.807, 2.05) is 0 Å². The second-order valence-corrected chi connectivity index (χ2v) is 15.1. The SMILES string of the molecule is C=CC(=O)N1CC2(CCC(Nc3nc(OC[C@@]45CCCN4C[C@H](F)C5)nc4c(F)c(-c5ccc(F)c6sc(N)[c-]c56)c(Cl)c(O)c34)C2)C1.[Cm]. The van der Waals surface area contributed by atoms with Crippen molar-refractivity contribution in [2.75, 3.05) is 43.8 Å². The number of hydrogen-bond donors (Lipinski definition) is 3. The van der Waals surface area contributed by atoms with E-state index in [1.165, 1.54) is 18.2 Å². The molecule has 3 atom stereocenters. The van der Waals surface area contributed by atoms with Crippen LogP contribution in [-0.4, -0.2) is 81.3 Å². The number of amides is 1. The average molecular weight is 945 g/mol. The van der Waals surface area contributed by atoms with Crippen LogP contribution in [0.25, 0.3) is 32.1 Å². The number of nitrogen functional groups attached to an aromatic ring is 1. The minimum Gasteiger partial charge on any atom is -0.506 e. The molecule has 4 fully saturated rings. The largest absolute Gasteiger partial charge is 0.506 e. The first-order valence-electron chi connectivity index (χ1n) is 16.0. The molecule has 1 unspecified atom stereocenters.